The molecule has 110 valence electrons. The SMILES string of the molecule is COc1cccc(C=Nn2c(-c3cccnc3)n[nH]c2=S)c1. The lowest BCUT2D eigenvalue weighted by molar-refractivity contribution is 0.415. The van der Waals surface area contributed by atoms with Crippen LogP contribution in [0.2, 0.25) is 0 Å². The second-order valence-corrected chi connectivity index (χ2v) is 4.81. The van der Waals surface area contributed by atoms with Gasteiger partial charge in [-0.25, -0.2) is 5.10 Å². The number of nitrogens with zero attached hydrogens (tertiary/aromatic N) is 4. The molecule has 1 aromatic carbocycles. The van der Waals surface area contributed by atoms with Crippen LogP contribution in [0.25, 0.3) is 11.4 Å². The van der Waals surface area contributed by atoms with Gasteiger partial charge in [-0.15, -0.1) is 0 Å². The van der Waals surface area contributed by atoms with Gasteiger partial charge in [0.2, 0.25) is 4.77 Å². The first kappa shape index (κ1) is 14.2. The number of hydrogen-bond donors (Lipinski definition) is 1. The molecule has 0 atom stereocenters. The molecule has 2 aromatic heterocycles. The van der Waals surface area contributed by atoms with E-state index in [1.807, 2.05) is 36.4 Å². The van der Waals surface area contributed by atoms with Crippen molar-refractivity contribution in [1.29, 1.82) is 0 Å². The van der Waals surface area contributed by atoms with Gasteiger partial charge in [-0.3, -0.25) is 4.98 Å². The van der Waals surface area contributed by atoms with E-state index in [0.717, 1.165) is 16.9 Å². The van der Waals surface area contributed by atoms with Gasteiger partial charge in [0.1, 0.15) is 5.75 Å². The van der Waals surface area contributed by atoms with Crippen LogP contribution in [0.3, 0.4) is 0 Å². The second kappa shape index (κ2) is 6.31. The van der Waals surface area contributed by atoms with Crippen molar-refractivity contribution in [2.24, 2.45) is 5.10 Å². The first-order valence-electron chi connectivity index (χ1n) is 6.54. The number of hydrogen-bond acceptors (Lipinski definition) is 5. The molecular formula is C15H13N5OS. The number of rotatable bonds is 4. The summed E-state index contributed by atoms with van der Waals surface area (Å²) in [5.41, 5.74) is 1.73. The molecule has 2 heterocycles. The topological polar surface area (TPSA) is 68.1 Å². The lowest BCUT2D eigenvalue weighted by Gasteiger charge is -2.01. The third kappa shape index (κ3) is 2.94. The summed E-state index contributed by atoms with van der Waals surface area (Å²) in [6.07, 6.45) is 5.12. The normalized spacial score (nSPS) is 11.0. The minimum Gasteiger partial charge on any atom is -0.497 e. The van der Waals surface area contributed by atoms with Crippen LogP contribution >= 0.6 is 12.2 Å². The predicted molar refractivity (Wildman–Crippen MR) is 86.6 cm³/mol. The molecule has 3 rings (SSSR count). The predicted octanol–water partition coefficient (Wildman–Crippen LogP) is 2.89. The number of benzene rings is 1. The van der Waals surface area contributed by atoms with E-state index in [4.69, 9.17) is 17.0 Å². The Morgan fingerprint density at radius 1 is 1.32 bits per heavy atom. The molecule has 0 radical (unpaired) electrons. The van der Waals surface area contributed by atoms with Gasteiger partial charge < -0.3 is 4.74 Å². The molecule has 6 nitrogen and oxygen atoms in total. The molecule has 22 heavy (non-hydrogen) atoms. The Morgan fingerprint density at radius 2 is 2.23 bits per heavy atom. The van der Waals surface area contributed by atoms with E-state index in [1.54, 1.807) is 30.4 Å². The van der Waals surface area contributed by atoms with Crippen molar-refractivity contribution in [2.45, 2.75) is 0 Å². The Morgan fingerprint density at radius 3 is 3.00 bits per heavy atom. The molecule has 0 aliphatic heterocycles. The van der Waals surface area contributed by atoms with E-state index >= 15 is 0 Å². The highest BCUT2D eigenvalue weighted by atomic mass is 32.1. The monoisotopic (exact) mass is 311 g/mol. The fourth-order valence-electron chi connectivity index (χ4n) is 1.93. The maximum atomic E-state index is 5.22. The molecule has 7 heteroatoms. The van der Waals surface area contributed by atoms with Gasteiger partial charge in [0.05, 0.1) is 13.3 Å². The quantitative estimate of drug-likeness (QED) is 0.594. The van der Waals surface area contributed by atoms with Gasteiger partial charge in [-0.1, -0.05) is 12.1 Å². The van der Waals surface area contributed by atoms with E-state index in [2.05, 4.69) is 20.3 Å². The Bertz CT molecular complexity index is 854. The van der Waals surface area contributed by atoms with Gasteiger partial charge in [-0.2, -0.15) is 14.9 Å². The number of aromatic nitrogens is 4. The van der Waals surface area contributed by atoms with Crippen molar-refractivity contribution < 1.29 is 4.74 Å². The van der Waals surface area contributed by atoms with Gasteiger partial charge in [-0.05, 0) is 42.0 Å². The van der Waals surface area contributed by atoms with E-state index < -0.39 is 0 Å². The van der Waals surface area contributed by atoms with Gasteiger partial charge in [0, 0.05) is 18.0 Å². The zero-order valence-electron chi connectivity index (χ0n) is 11.8. The van der Waals surface area contributed by atoms with Crippen LogP contribution in [-0.2, 0) is 0 Å². The number of pyridine rings is 1. The lowest BCUT2D eigenvalue weighted by Crippen LogP contribution is -1.95. The van der Waals surface area contributed by atoms with E-state index in [9.17, 15) is 0 Å². The lowest BCUT2D eigenvalue weighted by atomic mass is 10.2. The minimum atomic E-state index is 0.415. The average molecular weight is 311 g/mol. The highest BCUT2D eigenvalue weighted by Gasteiger charge is 2.07. The van der Waals surface area contributed by atoms with E-state index in [-0.39, 0.29) is 0 Å². The maximum Gasteiger partial charge on any atom is 0.216 e. The van der Waals surface area contributed by atoms with E-state index in [0.29, 0.717) is 10.6 Å². The Balaban J connectivity index is 1.97. The summed E-state index contributed by atoms with van der Waals surface area (Å²) < 4.78 is 7.17. The van der Waals surface area contributed by atoms with Crippen molar-refractivity contribution in [3.8, 4) is 17.1 Å². The number of methoxy groups -OCH3 is 1. The minimum absolute atomic E-state index is 0.415. The summed E-state index contributed by atoms with van der Waals surface area (Å²) in [5.74, 6) is 1.38. The summed E-state index contributed by atoms with van der Waals surface area (Å²) in [6, 6.07) is 11.3. The highest BCUT2D eigenvalue weighted by molar-refractivity contribution is 7.71. The van der Waals surface area contributed by atoms with Gasteiger partial charge >= 0.3 is 0 Å². The summed E-state index contributed by atoms with van der Waals surface area (Å²) in [7, 11) is 1.63. The molecule has 0 aliphatic carbocycles. The Hall–Kier alpha value is -2.80. The molecule has 0 aliphatic rings. The molecule has 0 amide bonds. The molecule has 3 aromatic rings. The van der Waals surface area contributed by atoms with Crippen LogP contribution in [0.4, 0.5) is 0 Å². The van der Waals surface area contributed by atoms with Crippen molar-refractivity contribution in [3.63, 3.8) is 0 Å². The fourth-order valence-corrected chi connectivity index (χ4v) is 2.11. The summed E-state index contributed by atoms with van der Waals surface area (Å²) in [4.78, 5) is 4.08. The second-order valence-electron chi connectivity index (χ2n) is 4.43. The Kier molecular flexibility index (Phi) is 4.06. The zero-order valence-corrected chi connectivity index (χ0v) is 12.6. The van der Waals surface area contributed by atoms with Gasteiger partial charge in [0.25, 0.3) is 0 Å². The summed E-state index contributed by atoms with van der Waals surface area (Å²) in [6.45, 7) is 0. The van der Waals surface area contributed by atoms with E-state index in [1.165, 1.54) is 0 Å². The van der Waals surface area contributed by atoms with Crippen molar-refractivity contribution in [2.75, 3.05) is 7.11 Å². The fraction of sp³-hybridized carbons (Fsp3) is 0.0667. The maximum absolute atomic E-state index is 5.22. The van der Waals surface area contributed by atoms with Crippen molar-refractivity contribution in [1.82, 2.24) is 19.9 Å². The average Bonchev–Trinajstić information content (AvgIpc) is 2.95. The van der Waals surface area contributed by atoms with Crippen LogP contribution < -0.4 is 4.74 Å². The number of aromatic amines is 1. The van der Waals surface area contributed by atoms with Crippen LogP contribution in [-0.4, -0.2) is 33.2 Å². The molecule has 0 bridgehead atoms. The van der Waals surface area contributed by atoms with Crippen LogP contribution in [0.1, 0.15) is 5.56 Å². The molecule has 0 saturated carbocycles. The summed E-state index contributed by atoms with van der Waals surface area (Å²) >= 11 is 5.22. The molecule has 0 saturated heterocycles. The third-order valence-corrected chi connectivity index (χ3v) is 3.25. The van der Waals surface area contributed by atoms with Crippen LogP contribution in [0.5, 0.6) is 5.75 Å². The van der Waals surface area contributed by atoms with Crippen molar-refractivity contribution in [3.05, 3.63) is 59.1 Å². The van der Waals surface area contributed by atoms with Gasteiger partial charge in [0.15, 0.2) is 5.82 Å². The first-order valence-corrected chi connectivity index (χ1v) is 6.95. The summed E-state index contributed by atoms with van der Waals surface area (Å²) in [5, 5.41) is 11.3. The molecule has 0 spiro atoms. The van der Waals surface area contributed by atoms with Crippen LogP contribution in [0, 0.1) is 4.77 Å². The molecule has 0 unspecified atom stereocenters. The molecular weight excluding hydrogens is 298 g/mol. The number of ether oxygens (including phenoxy) is 1. The molecule has 1 N–H and O–H groups in total. The molecule has 0 fully saturated rings. The van der Waals surface area contributed by atoms with Crippen LogP contribution in [0.15, 0.2) is 53.9 Å². The highest BCUT2D eigenvalue weighted by Crippen LogP contribution is 2.16. The number of H-pyrrole nitrogens is 1. The standard InChI is InChI=1S/C15H13N5OS/c1-21-13-6-2-4-11(8-13)9-17-20-14(18-19-15(20)22)12-5-3-7-16-10-12/h2-10H,1H3,(H,19,22). The zero-order chi connectivity index (χ0) is 15.4. The first-order chi connectivity index (χ1) is 10.8. The Labute approximate surface area is 132 Å². The third-order valence-electron chi connectivity index (χ3n) is 2.99. The smallest absolute Gasteiger partial charge is 0.216 e. The number of nitrogens with one attached hydrogen (secondary N) is 1. The largest absolute Gasteiger partial charge is 0.497 e. The van der Waals surface area contributed by atoms with Crippen molar-refractivity contribution >= 4 is 18.4 Å².